The summed E-state index contributed by atoms with van der Waals surface area (Å²) in [5.74, 6) is 0.491. The van der Waals surface area contributed by atoms with Gasteiger partial charge in [0.15, 0.2) is 4.21 Å². The minimum Gasteiger partial charge on any atom is -0.268 e. The van der Waals surface area contributed by atoms with E-state index in [0.29, 0.717) is 15.8 Å². The molecular formula is C11H12N2O2S3. The Labute approximate surface area is 114 Å². The molecule has 3 rings (SSSR count). The van der Waals surface area contributed by atoms with Gasteiger partial charge in [0.25, 0.3) is 10.0 Å². The number of rotatable bonds is 4. The minimum atomic E-state index is -3.45. The maximum absolute atomic E-state index is 12.4. The van der Waals surface area contributed by atoms with Gasteiger partial charge in [-0.1, -0.05) is 0 Å². The summed E-state index contributed by atoms with van der Waals surface area (Å²) in [6.45, 7) is 0. The van der Waals surface area contributed by atoms with Crippen LogP contribution < -0.4 is 4.31 Å². The second kappa shape index (κ2) is 4.32. The molecule has 96 valence electrons. The van der Waals surface area contributed by atoms with Crippen LogP contribution in [0.15, 0.2) is 27.2 Å². The van der Waals surface area contributed by atoms with Crippen molar-refractivity contribution in [2.24, 2.45) is 0 Å². The van der Waals surface area contributed by atoms with Gasteiger partial charge in [0.1, 0.15) is 0 Å². The van der Waals surface area contributed by atoms with Crippen LogP contribution in [0.1, 0.15) is 23.8 Å². The van der Waals surface area contributed by atoms with Crippen molar-refractivity contribution in [1.29, 1.82) is 0 Å². The quantitative estimate of drug-likeness (QED) is 0.872. The Morgan fingerprint density at radius 1 is 1.44 bits per heavy atom. The Hall–Kier alpha value is -0.920. The first kappa shape index (κ1) is 12.1. The van der Waals surface area contributed by atoms with Crippen LogP contribution in [0.25, 0.3) is 0 Å². The predicted octanol–water partition coefficient (Wildman–Crippen LogP) is 2.91. The molecular weight excluding hydrogens is 288 g/mol. The predicted molar refractivity (Wildman–Crippen MR) is 74.0 cm³/mol. The molecule has 18 heavy (non-hydrogen) atoms. The number of hydrogen-bond donors (Lipinski definition) is 0. The highest BCUT2D eigenvalue weighted by atomic mass is 32.2. The standard InChI is InChI=1S/C11H12N2O2S3/c1-13(9-4-5-16-7-9)18(14,15)10-6-12-11(17-10)8-2-3-8/h4-8H,2-3H2,1H3. The molecule has 4 nitrogen and oxygen atoms in total. The van der Waals surface area contributed by atoms with Crippen LogP contribution in [0.4, 0.5) is 5.69 Å². The van der Waals surface area contributed by atoms with Crippen molar-refractivity contribution in [3.63, 3.8) is 0 Å². The first-order chi connectivity index (χ1) is 8.59. The van der Waals surface area contributed by atoms with Crippen LogP contribution in [0, 0.1) is 0 Å². The van der Waals surface area contributed by atoms with Crippen molar-refractivity contribution < 1.29 is 8.42 Å². The molecule has 1 aliphatic rings. The van der Waals surface area contributed by atoms with Crippen molar-refractivity contribution >= 4 is 38.4 Å². The molecule has 0 saturated heterocycles. The van der Waals surface area contributed by atoms with E-state index in [9.17, 15) is 8.42 Å². The third-order valence-corrected chi connectivity index (χ3v) is 6.97. The lowest BCUT2D eigenvalue weighted by Crippen LogP contribution is -2.25. The lowest BCUT2D eigenvalue weighted by molar-refractivity contribution is 0.596. The van der Waals surface area contributed by atoms with Crippen LogP contribution in [0.3, 0.4) is 0 Å². The Bertz CT molecular complexity index is 642. The largest absolute Gasteiger partial charge is 0.275 e. The Morgan fingerprint density at radius 3 is 2.83 bits per heavy atom. The lowest BCUT2D eigenvalue weighted by Gasteiger charge is -2.15. The number of aromatic nitrogens is 1. The second-order valence-corrected chi connectivity index (χ2v) is 8.28. The Kier molecular flexibility index (Phi) is 2.91. The average molecular weight is 300 g/mol. The number of anilines is 1. The van der Waals surface area contributed by atoms with Crippen LogP contribution >= 0.6 is 22.7 Å². The molecule has 0 bridgehead atoms. The van der Waals surface area contributed by atoms with E-state index in [2.05, 4.69) is 4.98 Å². The fraction of sp³-hybridized carbons (Fsp3) is 0.364. The van der Waals surface area contributed by atoms with Crippen LogP contribution in [0.2, 0.25) is 0 Å². The molecule has 1 fully saturated rings. The van der Waals surface area contributed by atoms with Gasteiger partial charge >= 0.3 is 0 Å². The normalized spacial score (nSPS) is 15.8. The van der Waals surface area contributed by atoms with Gasteiger partial charge in [0.05, 0.1) is 16.9 Å². The zero-order chi connectivity index (χ0) is 12.8. The van der Waals surface area contributed by atoms with E-state index in [4.69, 9.17) is 0 Å². The zero-order valence-electron chi connectivity index (χ0n) is 9.74. The topological polar surface area (TPSA) is 50.3 Å². The van der Waals surface area contributed by atoms with Crippen LogP contribution in [-0.4, -0.2) is 20.4 Å². The average Bonchev–Trinajstić information content (AvgIpc) is 2.88. The van der Waals surface area contributed by atoms with E-state index < -0.39 is 10.0 Å². The number of thiazole rings is 1. The fourth-order valence-electron chi connectivity index (χ4n) is 1.62. The monoisotopic (exact) mass is 300 g/mol. The van der Waals surface area contributed by atoms with E-state index in [0.717, 1.165) is 17.8 Å². The van der Waals surface area contributed by atoms with Crippen LogP contribution in [-0.2, 0) is 10.0 Å². The molecule has 0 unspecified atom stereocenters. The van der Waals surface area contributed by atoms with Gasteiger partial charge in [-0.2, -0.15) is 11.3 Å². The molecule has 0 atom stereocenters. The highest BCUT2D eigenvalue weighted by Crippen LogP contribution is 2.42. The fourth-order valence-corrected chi connectivity index (χ4v) is 5.04. The smallest absolute Gasteiger partial charge is 0.268 e. The number of thiophene rings is 1. The van der Waals surface area contributed by atoms with E-state index in [-0.39, 0.29) is 0 Å². The van der Waals surface area contributed by atoms with Crippen molar-refractivity contribution in [1.82, 2.24) is 4.98 Å². The first-order valence-electron chi connectivity index (χ1n) is 5.56. The van der Waals surface area contributed by atoms with E-state index in [1.54, 1.807) is 13.1 Å². The summed E-state index contributed by atoms with van der Waals surface area (Å²) in [6, 6.07) is 1.80. The molecule has 0 amide bonds. The molecule has 2 heterocycles. The maximum atomic E-state index is 12.4. The SMILES string of the molecule is CN(c1ccsc1)S(=O)(=O)c1cnc(C2CC2)s1. The molecule has 1 aliphatic carbocycles. The molecule has 0 aliphatic heterocycles. The van der Waals surface area contributed by atoms with Gasteiger partial charge in [-0.25, -0.2) is 13.4 Å². The minimum absolute atomic E-state index is 0.332. The summed E-state index contributed by atoms with van der Waals surface area (Å²) in [5.41, 5.74) is 0.696. The van der Waals surface area contributed by atoms with Crippen molar-refractivity contribution in [3.05, 3.63) is 28.0 Å². The van der Waals surface area contributed by atoms with E-state index in [1.165, 1.54) is 33.2 Å². The molecule has 2 aromatic rings. The first-order valence-corrected chi connectivity index (χ1v) is 8.76. The summed E-state index contributed by atoms with van der Waals surface area (Å²) in [5, 5.41) is 4.64. The van der Waals surface area contributed by atoms with Gasteiger partial charge in [-0.15, -0.1) is 11.3 Å². The van der Waals surface area contributed by atoms with Crippen molar-refractivity contribution in [3.8, 4) is 0 Å². The van der Waals surface area contributed by atoms with Gasteiger partial charge in [-0.05, 0) is 24.3 Å². The number of nitrogens with zero attached hydrogens (tertiary/aromatic N) is 2. The van der Waals surface area contributed by atoms with Crippen molar-refractivity contribution in [2.45, 2.75) is 23.0 Å². The Morgan fingerprint density at radius 2 is 2.22 bits per heavy atom. The molecule has 0 aromatic carbocycles. The number of hydrogen-bond acceptors (Lipinski definition) is 5. The highest BCUT2D eigenvalue weighted by Gasteiger charge is 2.30. The molecule has 7 heteroatoms. The Balaban J connectivity index is 1.93. The van der Waals surface area contributed by atoms with Crippen molar-refractivity contribution in [2.75, 3.05) is 11.4 Å². The molecule has 0 N–H and O–H groups in total. The lowest BCUT2D eigenvalue weighted by atomic mass is 10.5. The third-order valence-electron chi connectivity index (χ3n) is 2.91. The summed E-state index contributed by atoms with van der Waals surface area (Å²) >= 11 is 2.78. The number of sulfonamides is 1. The van der Waals surface area contributed by atoms with E-state index in [1.807, 2.05) is 10.8 Å². The summed E-state index contributed by atoms with van der Waals surface area (Å²) in [6.07, 6.45) is 3.75. The summed E-state index contributed by atoms with van der Waals surface area (Å²) in [7, 11) is -1.87. The zero-order valence-corrected chi connectivity index (χ0v) is 12.2. The van der Waals surface area contributed by atoms with Gasteiger partial charge < -0.3 is 0 Å². The van der Waals surface area contributed by atoms with E-state index >= 15 is 0 Å². The van der Waals surface area contributed by atoms with Gasteiger partial charge in [0, 0.05) is 18.3 Å². The molecule has 0 spiro atoms. The van der Waals surface area contributed by atoms with Crippen LogP contribution in [0.5, 0.6) is 0 Å². The highest BCUT2D eigenvalue weighted by molar-refractivity contribution is 7.94. The summed E-state index contributed by atoms with van der Waals surface area (Å²) < 4.78 is 26.4. The third kappa shape index (κ3) is 2.06. The van der Waals surface area contributed by atoms with Gasteiger partial charge in [-0.3, -0.25) is 4.31 Å². The van der Waals surface area contributed by atoms with Gasteiger partial charge in [0.2, 0.25) is 0 Å². The maximum Gasteiger partial charge on any atom is 0.275 e. The summed E-state index contributed by atoms with van der Waals surface area (Å²) in [4.78, 5) is 4.22. The molecule has 2 aromatic heterocycles. The molecule has 1 saturated carbocycles. The molecule has 0 radical (unpaired) electrons. The second-order valence-electron chi connectivity index (χ2n) is 4.25.